The molecule has 0 radical (unpaired) electrons. The number of aromatic nitrogens is 8. The molecule has 3 aromatic heterocycles. The summed E-state index contributed by atoms with van der Waals surface area (Å²) >= 11 is 1.60. The highest BCUT2D eigenvalue weighted by Gasteiger charge is 2.16. The van der Waals surface area contributed by atoms with Crippen LogP contribution in [0, 0.1) is 0 Å². The van der Waals surface area contributed by atoms with E-state index in [2.05, 4.69) is 55.1 Å². The predicted octanol–water partition coefficient (Wildman–Crippen LogP) is 6.34. The Bertz CT molecular complexity index is 2600. The highest BCUT2D eigenvalue weighted by Crippen LogP contribution is 2.31. The van der Waals surface area contributed by atoms with E-state index >= 15 is 0 Å². The van der Waals surface area contributed by atoms with E-state index in [4.69, 9.17) is 24.9 Å². The molecule has 63 heavy (non-hydrogen) atoms. The Hall–Kier alpha value is -7.15. The number of hydrogen-bond acceptors (Lipinski definition) is 14. The monoisotopic (exact) mass is 868 g/mol. The largest absolute Gasteiger partial charge is 0.491 e. The van der Waals surface area contributed by atoms with Crippen molar-refractivity contribution in [2.75, 3.05) is 49.3 Å². The number of carbonyl (C=O) groups is 2. The minimum atomic E-state index is -0.291. The number of nitrogens with one attached hydrogen (secondary N) is 3. The van der Waals surface area contributed by atoms with Crippen molar-refractivity contribution >= 4 is 46.2 Å². The Morgan fingerprint density at radius 3 is 2.43 bits per heavy atom. The van der Waals surface area contributed by atoms with Crippen molar-refractivity contribution in [2.24, 2.45) is 5.73 Å². The fourth-order valence-electron chi connectivity index (χ4n) is 6.11. The van der Waals surface area contributed by atoms with Crippen molar-refractivity contribution in [3.05, 3.63) is 133 Å². The molecular formula is C45H48N12O5S. The first-order valence-corrected chi connectivity index (χ1v) is 21.4. The number of hydrogen-bond donors (Lipinski definition) is 4. The lowest BCUT2D eigenvalue weighted by molar-refractivity contribution is -0.116. The maximum Gasteiger partial charge on any atom is 0.255 e. The van der Waals surface area contributed by atoms with Crippen LogP contribution < -0.4 is 31.2 Å². The standard InChI is InChI=1S/C45H48N12O5S/c1-3-27-63-45-50-42(47-22-21-46)41-43(51-45)57(55-53-41)29-32-11-13-33(14-12-32)38-30-56(54-52-38)23-24-60-25-26-61-35-17-19-36(20-18-35)62-39-8-6-5-7-37(39)49-44(59)34-15-9-31(10-16-34)28-48-40(58)4-2/h4-20,30H,2-3,21-29,46H2,1H3,(H,48,58)(H,49,59)(H,47,50,51). The van der Waals surface area contributed by atoms with Gasteiger partial charge < -0.3 is 35.9 Å². The first-order chi connectivity index (χ1) is 30.9. The Morgan fingerprint density at radius 2 is 1.65 bits per heavy atom. The van der Waals surface area contributed by atoms with Crippen molar-refractivity contribution < 1.29 is 23.8 Å². The van der Waals surface area contributed by atoms with Gasteiger partial charge in [0.25, 0.3) is 5.91 Å². The molecule has 0 spiro atoms. The Kier molecular flexibility index (Phi) is 15.4. The minimum Gasteiger partial charge on any atom is -0.491 e. The molecule has 18 heteroatoms. The predicted molar refractivity (Wildman–Crippen MR) is 242 cm³/mol. The molecule has 0 bridgehead atoms. The number of carbonyl (C=O) groups excluding carboxylic acids is 2. The second-order valence-electron chi connectivity index (χ2n) is 14.0. The highest BCUT2D eigenvalue weighted by molar-refractivity contribution is 7.99. The van der Waals surface area contributed by atoms with Gasteiger partial charge in [0, 0.05) is 36.5 Å². The molecule has 324 valence electrons. The normalized spacial score (nSPS) is 11.0. The highest BCUT2D eigenvalue weighted by atomic mass is 32.2. The quantitative estimate of drug-likeness (QED) is 0.0239. The molecule has 7 aromatic rings. The summed E-state index contributed by atoms with van der Waals surface area (Å²) in [6.07, 6.45) is 4.12. The van der Waals surface area contributed by atoms with Crippen LogP contribution >= 0.6 is 11.8 Å². The van der Waals surface area contributed by atoms with Crippen molar-refractivity contribution in [3.63, 3.8) is 0 Å². The average Bonchev–Trinajstić information content (AvgIpc) is 3.96. The molecule has 0 atom stereocenters. The minimum absolute atomic E-state index is 0.262. The van der Waals surface area contributed by atoms with Gasteiger partial charge in [0.1, 0.15) is 23.8 Å². The zero-order chi connectivity index (χ0) is 43.8. The fraction of sp³-hybridized carbons (Fsp3) is 0.244. The Balaban J connectivity index is 0.829. The van der Waals surface area contributed by atoms with Crippen LogP contribution in [0.5, 0.6) is 17.2 Å². The van der Waals surface area contributed by atoms with Gasteiger partial charge in [-0.3, -0.25) is 9.59 Å². The van der Waals surface area contributed by atoms with Gasteiger partial charge in [0.05, 0.1) is 38.2 Å². The number of ether oxygens (including phenoxy) is 3. The topological polar surface area (TPSA) is 211 Å². The fourth-order valence-corrected chi connectivity index (χ4v) is 6.80. The number of anilines is 2. The lowest BCUT2D eigenvalue weighted by Crippen LogP contribution is -2.20. The number of nitrogens with zero attached hydrogens (tertiary/aromatic N) is 8. The molecule has 0 fully saturated rings. The van der Waals surface area contributed by atoms with Gasteiger partial charge >= 0.3 is 0 Å². The van der Waals surface area contributed by atoms with Crippen molar-refractivity contribution in [3.8, 4) is 28.5 Å². The van der Waals surface area contributed by atoms with Gasteiger partial charge in [0.2, 0.25) is 5.91 Å². The van der Waals surface area contributed by atoms with E-state index in [9.17, 15) is 9.59 Å². The zero-order valence-corrected chi connectivity index (χ0v) is 35.6. The Morgan fingerprint density at radius 1 is 0.873 bits per heavy atom. The number of benzene rings is 4. The summed E-state index contributed by atoms with van der Waals surface area (Å²) in [5, 5.41) is 27.0. The van der Waals surface area contributed by atoms with Crippen LogP contribution in [-0.4, -0.2) is 90.4 Å². The second-order valence-corrected chi connectivity index (χ2v) is 15.1. The molecule has 4 aromatic carbocycles. The molecule has 2 amide bonds. The van der Waals surface area contributed by atoms with Gasteiger partial charge in [-0.25, -0.2) is 19.3 Å². The summed E-state index contributed by atoms with van der Waals surface area (Å²) in [6, 6.07) is 29.5. The third-order valence-electron chi connectivity index (χ3n) is 9.35. The zero-order valence-electron chi connectivity index (χ0n) is 34.8. The summed E-state index contributed by atoms with van der Waals surface area (Å²) in [7, 11) is 0. The van der Waals surface area contributed by atoms with Crippen LogP contribution in [-0.2, 0) is 29.2 Å². The number of amides is 2. The number of fused-ring (bicyclic) bond motifs is 1. The van der Waals surface area contributed by atoms with Crippen molar-refractivity contribution in [1.82, 2.24) is 45.3 Å². The first-order valence-electron chi connectivity index (χ1n) is 20.4. The Labute approximate surface area is 368 Å². The summed E-state index contributed by atoms with van der Waals surface area (Å²) < 4.78 is 21.3. The molecule has 0 saturated heterocycles. The number of nitrogens with two attached hydrogens (primary N) is 1. The van der Waals surface area contributed by atoms with Gasteiger partial charge in [0.15, 0.2) is 27.9 Å². The lowest BCUT2D eigenvalue weighted by atomic mass is 10.1. The maximum atomic E-state index is 13.0. The third kappa shape index (κ3) is 12.2. The van der Waals surface area contributed by atoms with E-state index in [-0.39, 0.29) is 11.8 Å². The van der Waals surface area contributed by atoms with E-state index in [1.54, 1.807) is 69.7 Å². The first kappa shape index (κ1) is 43.9. The summed E-state index contributed by atoms with van der Waals surface area (Å²) in [4.78, 5) is 33.8. The van der Waals surface area contributed by atoms with Crippen LogP contribution in [0.1, 0.15) is 34.8 Å². The lowest BCUT2D eigenvalue weighted by Gasteiger charge is -2.13. The second kappa shape index (κ2) is 22.1. The van der Waals surface area contributed by atoms with Gasteiger partial charge in [-0.15, -0.1) is 10.2 Å². The van der Waals surface area contributed by atoms with Crippen LogP contribution in [0.4, 0.5) is 11.5 Å². The van der Waals surface area contributed by atoms with E-state index in [0.717, 1.165) is 34.6 Å². The van der Waals surface area contributed by atoms with Gasteiger partial charge in [-0.1, -0.05) is 84.2 Å². The van der Waals surface area contributed by atoms with Crippen molar-refractivity contribution in [2.45, 2.75) is 38.1 Å². The molecule has 0 saturated carbocycles. The molecular weight excluding hydrogens is 821 g/mol. The average molecular weight is 869 g/mol. The number of rotatable bonds is 23. The molecule has 17 nitrogen and oxygen atoms in total. The number of thioether (sulfide) groups is 1. The van der Waals surface area contributed by atoms with Crippen LogP contribution in [0.25, 0.3) is 22.4 Å². The van der Waals surface area contributed by atoms with Crippen LogP contribution in [0.15, 0.2) is 121 Å². The SMILES string of the molecule is C=CC(=O)NCc1ccc(C(=O)Nc2ccccc2Oc2ccc(OCCOCCn3cc(-c4ccc(Cn5nnc6c(NCCN)nc(SCCC)nc65)cc4)nn3)cc2)cc1. The summed E-state index contributed by atoms with van der Waals surface area (Å²) in [6.45, 7) is 9.17. The molecule has 0 aliphatic heterocycles. The molecule has 0 aliphatic rings. The number of para-hydroxylation sites is 2. The molecule has 0 aliphatic carbocycles. The molecule has 5 N–H and O–H groups in total. The van der Waals surface area contributed by atoms with Gasteiger partial charge in [-0.2, -0.15) is 0 Å². The molecule has 3 heterocycles. The molecule has 7 rings (SSSR count). The summed E-state index contributed by atoms with van der Waals surface area (Å²) in [5.74, 6) is 2.73. The van der Waals surface area contributed by atoms with Crippen LogP contribution in [0.2, 0.25) is 0 Å². The van der Waals surface area contributed by atoms with E-state index < -0.39 is 0 Å². The molecule has 0 unspecified atom stereocenters. The third-order valence-corrected chi connectivity index (χ3v) is 10.4. The van der Waals surface area contributed by atoms with Gasteiger partial charge in [-0.05, 0) is 72.2 Å². The van der Waals surface area contributed by atoms with E-state index in [0.29, 0.717) is 103 Å². The maximum absolute atomic E-state index is 13.0. The van der Waals surface area contributed by atoms with E-state index in [1.807, 2.05) is 54.7 Å². The van der Waals surface area contributed by atoms with Crippen molar-refractivity contribution in [1.29, 1.82) is 0 Å². The van der Waals surface area contributed by atoms with Crippen LogP contribution in [0.3, 0.4) is 0 Å². The van der Waals surface area contributed by atoms with E-state index in [1.165, 1.54) is 6.08 Å². The smallest absolute Gasteiger partial charge is 0.255 e. The summed E-state index contributed by atoms with van der Waals surface area (Å²) in [5.41, 5.74) is 11.6.